The van der Waals surface area contributed by atoms with Crippen LogP contribution in [-0.4, -0.2) is 10.7 Å². The van der Waals surface area contributed by atoms with E-state index in [1.54, 1.807) is 0 Å². The quantitative estimate of drug-likeness (QED) is 0.490. The van der Waals surface area contributed by atoms with Gasteiger partial charge < -0.3 is 0 Å². The van der Waals surface area contributed by atoms with Crippen molar-refractivity contribution in [1.82, 2.24) is 4.98 Å². The van der Waals surface area contributed by atoms with E-state index in [-0.39, 0.29) is 0 Å². The number of aryl methyl sites for hydroxylation is 2. The van der Waals surface area contributed by atoms with Crippen molar-refractivity contribution in [2.45, 2.75) is 13.8 Å². The number of benzene rings is 2. The molecule has 0 unspecified atom stereocenters. The summed E-state index contributed by atoms with van der Waals surface area (Å²) in [7, 11) is 0. The van der Waals surface area contributed by atoms with Gasteiger partial charge in [-0.3, -0.25) is 4.98 Å². The van der Waals surface area contributed by atoms with Crippen molar-refractivity contribution in [2.75, 3.05) is 0 Å². The zero-order valence-corrected chi connectivity index (χ0v) is 12.7. The lowest BCUT2D eigenvalue weighted by atomic mass is 10.1. The third kappa shape index (κ3) is 1.96. The summed E-state index contributed by atoms with van der Waals surface area (Å²) in [4.78, 5) is 9.41. The third-order valence-electron chi connectivity index (χ3n) is 4.12. The van der Waals surface area contributed by atoms with Crippen molar-refractivity contribution in [2.24, 2.45) is 4.99 Å². The van der Waals surface area contributed by atoms with Gasteiger partial charge in [-0.1, -0.05) is 42.5 Å². The predicted octanol–water partition coefficient (Wildman–Crippen LogP) is 4.85. The van der Waals surface area contributed by atoms with Gasteiger partial charge in [0.2, 0.25) is 0 Å². The van der Waals surface area contributed by atoms with Crippen molar-refractivity contribution in [3.05, 3.63) is 83.2 Å². The van der Waals surface area contributed by atoms with E-state index in [9.17, 15) is 0 Å². The monoisotopic (exact) mass is 284 g/mol. The molecule has 0 N–H and O–H groups in total. The van der Waals surface area contributed by atoms with E-state index in [1.807, 2.05) is 25.3 Å². The lowest BCUT2D eigenvalue weighted by Crippen LogP contribution is -1.98. The smallest absolute Gasteiger partial charge is 0.0809 e. The Labute approximate surface area is 130 Å². The van der Waals surface area contributed by atoms with Crippen LogP contribution < -0.4 is 0 Å². The molecule has 1 aliphatic rings. The third-order valence-corrected chi connectivity index (χ3v) is 4.12. The Balaban J connectivity index is 2.00. The molecule has 0 aliphatic heterocycles. The molecule has 0 atom stereocenters. The second-order valence-corrected chi connectivity index (χ2v) is 5.66. The summed E-state index contributed by atoms with van der Waals surface area (Å²) in [6.45, 7) is 4.12. The van der Waals surface area contributed by atoms with Gasteiger partial charge in [-0.15, -0.1) is 0 Å². The molecular weight excluding hydrogens is 268 g/mol. The molecule has 1 aliphatic carbocycles. The number of aromatic nitrogens is 1. The number of hydrogen-bond donors (Lipinski definition) is 0. The summed E-state index contributed by atoms with van der Waals surface area (Å²) in [6.07, 6.45) is 1.95. The SMILES string of the molecule is Cc1cc2c(cn1)C(=Nc1ccccc1C)c1ccccc1-2. The van der Waals surface area contributed by atoms with Gasteiger partial charge in [0.15, 0.2) is 0 Å². The zero-order chi connectivity index (χ0) is 15.1. The molecule has 0 radical (unpaired) electrons. The first-order valence-corrected chi connectivity index (χ1v) is 7.45. The van der Waals surface area contributed by atoms with Gasteiger partial charge in [0.1, 0.15) is 0 Å². The Hall–Kier alpha value is -2.74. The predicted molar refractivity (Wildman–Crippen MR) is 90.9 cm³/mol. The average Bonchev–Trinajstić information content (AvgIpc) is 2.83. The molecule has 0 bridgehead atoms. The summed E-state index contributed by atoms with van der Waals surface area (Å²) in [5.74, 6) is 0. The second kappa shape index (κ2) is 4.92. The van der Waals surface area contributed by atoms with E-state index in [2.05, 4.69) is 54.4 Å². The lowest BCUT2D eigenvalue weighted by molar-refractivity contribution is 1.20. The van der Waals surface area contributed by atoms with Crippen LogP contribution in [0.2, 0.25) is 0 Å². The number of hydrogen-bond acceptors (Lipinski definition) is 2. The minimum absolute atomic E-state index is 1.01. The van der Waals surface area contributed by atoms with Crippen molar-refractivity contribution in [3.8, 4) is 11.1 Å². The van der Waals surface area contributed by atoms with Crippen molar-refractivity contribution in [1.29, 1.82) is 0 Å². The van der Waals surface area contributed by atoms with Crippen molar-refractivity contribution < 1.29 is 0 Å². The summed E-state index contributed by atoms with van der Waals surface area (Å²) >= 11 is 0. The summed E-state index contributed by atoms with van der Waals surface area (Å²) in [5.41, 5.74) is 9.04. The van der Waals surface area contributed by atoms with Crippen LogP contribution in [0, 0.1) is 13.8 Å². The molecule has 0 saturated heterocycles. The van der Waals surface area contributed by atoms with Gasteiger partial charge in [-0.05, 0) is 42.7 Å². The van der Waals surface area contributed by atoms with Crippen molar-refractivity contribution in [3.63, 3.8) is 0 Å². The number of pyridine rings is 1. The maximum atomic E-state index is 4.95. The Morgan fingerprint density at radius 3 is 2.32 bits per heavy atom. The minimum atomic E-state index is 1.01. The Morgan fingerprint density at radius 2 is 1.50 bits per heavy atom. The van der Waals surface area contributed by atoms with E-state index in [4.69, 9.17) is 4.99 Å². The second-order valence-electron chi connectivity index (χ2n) is 5.66. The molecule has 1 heterocycles. The van der Waals surface area contributed by atoms with Crippen LogP contribution in [0.4, 0.5) is 5.69 Å². The van der Waals surface area contributed by atoms with E-state index in [0.717, 1.165) is 22.7 Å². The molecule has 0 amide bonds. The van der Waals surface area contributed by atoms with Crippen LogP contribution in [-0.2, 0) is 0 Å². The fourth-order valence-corrected chi connectivity index (χ4v) is 2.97. The van der Waals surface area contributed by atoms with E-state index < -0.39 is 0 Å². The van der Waals surface area contributed by atoms with Crippen LogP contribution >= 0.6 is 0 Å². The summed E-state index contributed by atoms with van der Waals surface area (Å²) in [5, 5.41) is 0. The average molecular weight is 284 g/mol. The first-order chi connectivity index (χ1) is 10.7. The van der Waals surface area contributed by atoms with Crippen LogP contribution in [0.3, 0.4) is 0 Å². The molecule has 3 aromatic rings. The van der Waals surface area contributed by atoms with Crippen LogP contribution in [0.1, 0.15) is 22.4 Å². The van der Waals surface area contributed by atoms with E-state index in [0.29, 0.717) is 0 Å². The first-order valence-electron chi connectivity index (χ1n) is 7.45. The Kier molecular flexibility index (Phi) is 2.90. The molecule has 2 nitrogen and oxygen atoms in total. The highest BCUT2D eigenvalue weighted by Crippen LogP contribution is 2.38. The molecule has 0 fully saturated rings. The molecule has 0 spiro atoms. The maximum Gasteiger partial charge on any atom is 0.0809 e. The van der Waals surface area contributed by atoms with E-state index >= 15 is 0 Å². The largest absolute Gasteiger partial charge is 0.261 e. The highest BCUT2D eigenvalue weighted by molar-refractivity contribution is 6.25. The van der Waals surface area contributed by atoms with Gasteiger partial charge in [-0.2, -0.15) is 0 Å². The van der Waals surface area contributed by atoms with Gasteiger partial charge in [0, 0.05) is 23.0 Å². The number of fused-ring (bicyclic) bond motifs is 3. The molecule has 106 valence electrons. The highest BCUT2D eigenvalue weighted by Gasteiger charge is 2.25. The van der Waals surface area contributed by atoms with Gasteiger partial charge in [0.05, 0.1) is 11.4 Å². The zero-order valence-electron chi connectivity index (χ0n) is 12.7. The van der Waals surface area contributed by atoms with E-state index in [1.165, 1.54) is 22.3 Å². The Bertz CT molecular complexity index is 907. The molecule has 1 aromatic heterocycles. The molecule has 22 heavy (non-hydrogen) atoms. The fraction of sp³-hybridized carbons (Fsp3) is 0.100. The standard InChI is InChI=1S/C20H16N2/c1-13-7-3-6-10-19(13)22-20-16-9-5-4-8-15(16)17-11-14(2)21-12-18(17)20/h3-12H,1-2H3. The van der Waals surface area contributed by atoms with Crippen LogP contribution in [0.15, 0.2) is 65.8 Å². The molecule has 0 saturated carbocycles. The van der Waals surface area contributed by atoms with Gasteiger partial charge in [-0.25, -0.2) is 4.99 Å². The van der Waals surface area contributed by atoms with Crippen molar-refractivity contribution >= 4 is 11.4 Å². The number of para-hydroxylation sites is 1. The van der Waals surface area contributed by atoms with Crippen LogP contribution in [0.25, 0.3) is 11.1 Å². The summed E-state index contributed by atoms with van der Waals surface area (Å²) in [6, 6.07) is 18.8. The maximum absolute atomic E-state index is 4.95. The first kappa shape index (κ1) is 13.0. The number of rotatable bonds is 1. The molecule has 4 rings (SSSR count). The Morgan fingerprint density at radius 1 is 0.773 bits per heavy atom. The molecule has 2 aromatic carbocycles. The number of aliphatic imine (C=N–C) groups is 1. The topological polar surface area (TPSA) is 25.2 Å². The highest BCUT2D eigenvalue weighted by atomic mass is 14.8. The summed E-state index contributed by atoms with van der Waals surface area (Å²) < 4.78 is 0. The minimum Gasteiger partial charge on any atom is -0.261 e. The lowest BCUT2D eigenvalue weighted by Gasteiger charge is -2.04. The fourth-order valence-electron chi connectivity index (χ4n) is 2.97. The normalized spacial score (nSPS) is 14.0. The van der Waals surface area contributed by atoms with Crippen LogP contribution in [0.5, 0.6) is 0 Å². The molecule has 2 heteroatoms. The molecular formula is C20H16N2. The van der Waals surface area contributed by atoms with Gasteiger partial charge >= 0.3 is 0 Å². The van der Waals surface area contributed by atoms with Gasteiger partial charge in [0.25, 0.3) is 0 Å². The number of nitrogens with zero attached hydrogens (tertiary/aromatic N) is 2.